The van der Waals surface area contributed by atoms with Gasteiger partial charge >= 0.3 is 6.03 Å². The standard InChI is InChI=1S/C18H26N4OS/c1-13(11-22-15(3)9-14(2)20-22)10-19-18(23)21-7-4-5-17(21)16-6-8-24-12-16/h6,8-9,12-13,17H,4-5,7,10-11H2,1-3H3,(H,19,23)/t13-,17+/m0/s1. The van der Waals surface area contributed by atoms with Crippen LogP contribution in [-0.4, -0.2) is 33.8 Å². The van der Waals surface area contributed by atoms with Crippen LogP contribution >= 0.6 is 11.3 Å². The summed E-state index contributed by atoms with van der Waals surface area (Å²) in [4.78, 5) is 14.6. The van der Waals surface area contributed by atoms with Gasteiger partial charge in [-0.15, -0.1) is 0 Å². The minimum Gasteiger partial charge on any atom is -0.338 e. The number of thiophene rings is 1. The summed E-state index contributed by atoms with van der Waals surface area (Å²) in [7, 11) is 0. The van der Waals surface area contributed by atoms with Crippen LogP contribution in [0.1, 0.15) is 42.8 Å². The van der Waals surface area contributed by atoms with Crippen LogP contribution < -0.4 is 5.32 Å². The Kier molecular flexibility index (Phi) is 5.23. The Morgan fingerprint density at radius 3 is 3.00 bits per heavy atom. The normalized spacial score (nSPS) is 18.8. The SMILES string of the molecule is Cc1cc(C)n(C[C@@H](C)CNC(=O)N2CCC[C@@H]2c2ccsc2)n1. The highest BCUT2D eigenvalue weighted by atomic mass is 32.1. The molecular weight excluding hydrogens is 320 g/mol. The van der Waals surface area contributed by atoms with E-state index in [1.54, 1.807) is 11.3 Å². The third kappa shape index (κ3) is 3.80. The number of aromatic nitrogens is 2. The van der Waals surface area contributed by atoms with Gasteiger partial charge in [-0.05, 0) is 61.1 Å². The quantitative estimate of drug-likeness (QED) is 0.896. The average molecular weight is 346 g/mol. The van der Waals surface area contributed by atoms with Gasteiger partial charge in [0.15, 0.2) is 0 Å². The predicted octanol–water partition coefficient (Wildman–Crippen LogP) is 3.74. The number of amides is 2. The summed E-state index contributed by atoms with van der Waals surface area (Å²) in [5, 5.41) is 11.8. The monoisotopic (exact) mass is 346 g/mol. The summed E-state index contributed by atoms with van der Waals surface area (Å²) in [6.07, 6.45) is 2.14. The van der Waals surface area contributed by atoms with Gasteiger partial charge in [-0.1, -0.05) is 6.92 Å². The van der Waals surface area contributed by atoms with Gasteiger partial charge in [0.1, 0.15) is 0 Å². The first kappa shape index (κ1) is 17.0. The van der Waals surface area contributed by atoms with Gasteiger partial charge < -0.3 is 10.2 Å². The zero-order chi connectivity index (χ0) is 17.1. The molecule has 1 fully saturated rings. The smallest absolute Gasteiger partial charge is 0.317 e. The van der Waals surface area contributed by atoms with Gasteiger partial charge in [0.25, 0.3) is 0 Å². The molecule has 130 valence electrons. The minimum absolute atomic E-state index is 0.0592. The van der Waals surface area contributed by atoms with Gasteiger partial charge in [0, 0.05) is 25.3 Å². The first-order valence-electron chi connectivity index (χ1n) is 8.62. The molecule has 5 nitrogen and oxygen atoms in total. The lowest BCUT2D eigenvalue weighted by molar-refractivity contribution is 0.191. The van der Waals surface area contributed by atoms with E-state index in [-0.39, 0.29) is 12.1 Å². The van der Waals surface area contributed by atoms with Crippen molar-refractivity contribution < 1.29 is 4.79 Å². The molecule has 1 aliphatic rings. The Balaban J connectivity index is 1.52. The van der Waals surface area contributed by atoms with Crippen molar-refractivity contribution >= 4 is 17.4 Å². The molecular formula is C18H26N4OS. The summed E-state index contributed by atoms with van der Waals surface area (Å²) in [5.74, 6) is 0.342. The van der Waals surface area contributed by atoms with E-state index in [0.717, 1.165) is 31.6 Å². The van der Waals surface area contributed by atoms with Crippen molar-refractivity contribution in [3.63, 3.8) is 0 Å². The van der Waals surface area contributed by atoms with Crippen LogP contribution in [0.5, 0.6) is 0 Å². The van der Waals surface area contributed by atoms with E-state index in [1.807, 2.05) is 16.5 Å². The summed E-state index contributed by atoms with van der Waals surface area (Å²) in [6, 6.07) is 4.51. The summed E-state index contributed by atoms with van der Waals surface area (Å²) in [6.45, 7) is 8.57. The van der Waals surface area contributed by atoms with E-state index in [4.69, 9.17) is 0 Å². The number of nitrogens with zero attached hydrogens (tertiary/aromatic N) is 3. The maximum absolute atomic E-state index is 12.6. The summed E-state index contributed by atoms with van der Waals surface area (Å²) < 4.78 is 2.02. The number of urea groups is 1. The number of hydrogen-bond donors (Lipinski definition) is 1. The van der Waals surface area contributed by atoms with Crippen LogP contribution in [0.3, 0.4) is 0 Å². The van der Waals surface area contributed by atoms with Gasteiger partial charge in [-0.3, -0.25) is 4.68 Å². The number of aryl methyl sites for hydroxylation is 2. The van der Waals surface area contributed by atoms with Crippen molar-refractivity contribution in [2.24, 2.45) is 5.92 Å². The molecule has 1 N–H and O–H groups in total. The van der Waals surface area contributed by atoms with Gasteiger partial charge in [0.05, 0.1) is 11.7 Å². The van der Waals surface area contributed by atoms with E-state index < -0.39 is 0 Å². The average Bonchev–Trinajstić information content (AvgIpc) is 3.25. The maximum atomic E-state index is 12.6. The molecule has 3 heterocycles. The Bertz CT molecular complexity index is 679. The second-order valence-electron chi connectivity index (χ2n) is 6.81. The number of rotatable bonds is 5. The fraction of sp³-hybridized carbons (Fsp3) is 0.556. The fourth-order valence-electron chi connectivity index (χ4n) is 3.40. The molecule has 3 rings (SSSR count). The third-order valence-electron chi connectivity index (χ3n) is 4.63. The lowest BCUT2D eigenvalue weighted by Gasteiger charge is -2.25. The van der Waals surface area contributed by atoms with Crippen LogP contribution in [0.15, 0.2) is 22.9 Å². The summed E-state index contributed by atoms with van der Waals surface area (Å²) >= 11 is 1.69. The Labute approximate surface area is 147 Å². The van der Waals surface area contributed by atoms with Crippen molar-refractivity contribution in [1.82, 2.24) is 20.0 Å². The predicted molar refractivity (Wildman–Crippen MR) is 97.3 cm³/mol. The molecule has 6 heteroatoms. The van der Waals surface area contributed by atoms with E-state index in [9.17, 15) is 4.79 Å². The van der Waals surface area contributed by atoms with Crippen LogP contribution in [0.4, 0.5) is 4.79 Å². The van der Waals surface area contributed by atoms with Crippen LogP contribution in [0.25, 0.3) is 0 Å². The Morgan fingerprint density at radius 2 is 2.33 bits per heavy atom. The van der Waals surface area contributed by atoms with Crippen molar-refractivity contribution in [3.8, 4) is 0 Å². The van der Waals surface area contributed by atoms with E-state index in [1.165, 1.54) is 11.3 Å². The molecule has 0 aromatic carbocycles. The number of likely N-dealkylation sites (tertiary alicyclic amines) is 1. The number of hydrogen-bond acceptors (Lipinski definition) is 3. The van der Waals surface area contributed by atoms with Crippen LogP contribution in [-0.2, 0) is 6.54 Å². The topological polar surface area (TPSA) is 50.2 Å². The first-order valence-corrected chi connectivity index (χ1v) is 9.56. The second-order valence-corrected chi connectivity index (χ2v) is 7.59. The van der Waals surface area contributed by atoms with Crippen LogP contribution in [0.2, 0.25) is 0 Å². The molecule has 0 radical (unpaired) electrons. The van der Waals surface area contributed by atoms with E-state index in [0.29, 0.717) is 12.5 Å². The lowest BCUT2D eigenvalue weighted by Crippen LogP contribution is -2.41. The Morgan fingerprint density at radius 1 is 1.50 bits per heavy atom. The fourth-order valence-corrected chi connectivity index (χ4v) is 4.11. The molecule has 1 aliphatic heterocycles. The van der Waals surface area contributed by atoms with E-state index >= 15 is 0 Å². The largest absolute Gasteiger partial charge is 0.338 e. The molecule has 0 spiro atoms. The van der Waals surface area contributed by atoms with Gasteiger partial charge in [-0.2, -0.15) is 16.4 Å². The summed E-state index contributed by atoms with van der Waals surface area (Å²) in [5.41, 5.74) is 3.48. The number of nitrogens with one attached hydrogen (secondary N) is 1. The molecule has 2 atom stereocenters. The molecule has 0 saturated carbocycles. The molecule has 24 heavy (non-hydrogen) atoms. The Hall–Kier alpha value is -1.82. The molecule has 2 aromatic rings. The lowest BCUT2D eigenvalue weighted by atomic mass is 10.1. The highest BCUT2D eigenvalue weighted by Gasteiger charge is 2.30. The third-order valence-corrected chi connectivity index (χ3v) is 5.33. The minimum atomic E-state index is 0.0592. The van der Waals surface area contributed by atoms with Crippen molar-refractivity contribution in [2.75, 3.05) is 13.1 Å². The van der Waals surface area contributed by atoms with Crippen molar-refractivity contribution in [3.05, 3.63) is 39.8 Å². The molecule has 0 unspecified atom stereocenters. The number of carbonyl (C=O) groups is 1. The first-order chi connectivity index (χ1) is 11.5. The molecule has 2 aromatic heterocycles. The molecule has 0 aliphatic carbocycles. The van der Waals surface area contributed by atoms with Crippen molar-refractivity contribution in [1.29, 1.82) is 0 Å². The van der Waals surface area contributed by atoms with Gasteiger partial charge in [0.2, 0.25) is 0 Å². The zero-order valence-electron chi connectivity index (χ0n) is 14.7. The number of carbonyl (C=O) groups excluding carboxylic acids is 1. The highest BCUT2D eigenvalue weighted by Crippen LogP contribution is 2.32. The van der Waals surface area contributed by atoms with Gasteiger partial charge in [-0.25, -0.2) is 4.79 Å². The molecule has 2 amide bonds. The second kappa shape index (κ2) is 7.38. The molecule has 1 saturated heterocycles. The highest BCUT2D eigenvalue weighted by molar-refractivity contribution is 7.07. The van der Waals surface area contributed by atoms with E-state index in [2.05, 4.69) is 47.2 Å². The maximum Gasteiger partial charge on any atom is 0.317 e. The van der Waals surface area contributed by atoms with Crippen molar-refractivity contribution in [2.45, 2.75) is 46.2 Å². The van der Waals surface area contributed by atoms with Crippen LogP contribution in [0, 0.1) is 19.8 Å². The zero-order valence-corrected chi connectivity index (χ0v) is 15.5. The molecule has 0 bridgehead atoms.